The first-order valence-electron chi connectivity index (χ1n) is 6.68. The maximum absolute atomic E-state index is 11.8. The first-order chi connectivity index (χ1) is 9.27. The van der Waals surface area contributed by atoms with Crippen LogP contribution in [0.25, 0.3) is 0 Å². The summed E-state index contributed by atoms with van der Waals surface area (Å²) in [5.74, 6) is -0.682. The second-order valence-corrected chi connectivity index (χ2v) is 5.26. The van der Waals surface area contributed by atoms with E-state index in [0.717, 1.165) is 0 Å². The van der Waals surface area contributed by atoms with Gasteiger partial charge in [-0.3, -0.25) is 0 Å². The van der Waals surface area contributed by atoms with Crippen LogP contribution in [0.15, 0.2) is 0 Å². The Kier molecular flexibility index (Phi) is 6.35. The minimum absolute atomic E-state index is 0.234. The van der Waals surface area contributed by atoms with E-state index < -0.39 is 36.7 Å². The first-order valence-corrected chi connectivity index (χ1v) is 6.68. The molecule has 2 unspecified atom stereocenters. The number of carbonyl (C=O) groups excluding carboxylic acids is 1. The smallest absolute Gasteiger partial charge is 0.337 e. The van der Waals surface area contributed by atoms with Gasteiger partial charge in [0.1, 0.15) is 18.3 Å². The van der Waals surface area contributed by atoms with Crippen molar-refractivity contribution in [3.63, 3.8) is 0 Å². The van der Waals surface area contributed by atoms with Crippen LogP contribution in [0.4, 0.5) is 0 Å². The summed E-state index contributed by atoms with van der Waals surface area (Å²) in [6.45, 7) is 7.02. The van der Waals surface area contributed by atoms with Crippen LogP contribution in [0.2, 0.25) is 0 Å². The van der Waals surface area contributed by atoms with E-state index in [9.17, 15) is 15.0 Å². The Labute approximate surface area is 118 Å². The normalized spacial score (nSPS) is 34.5. The average Bonchev–Trinajstić information content (AvgIpc) is 2.36. The SMILES string of the molecule is COC(=O)C1O[C@H](OC(C)C)[C@@H](O)C(O)[C@H]1OC(C)C. The van der Waals surface area contributed by atoms with Crippen molar-refractivity contribution in [3.8, 4) is 0 Å². The van der Waals surface area contributed by atoms with Crippen molar-refractivity contribution in [1.82, 2.24) is 0 Å². The summed E-state index contributed by atoms with van der Waals surface area (Å²) in [4.78, 5) is 11.8. The lowest BCUT2D eigenvalue weighted by Gasteiger charge is -2.42. The van der Waals surface area contributed by atoms with Gasteiger partial charge in [0.25, 0.3) is 0 Å². The fourth-order valence-corrected chi connectivity index (χ4v) is 1.99. The van der Waals surface area contributed by atoms with Crippen molar-refractivity contribution in [3.05, 3.63) is 0 Å². The molecule has 20 heavy (non-hydrogen) atoms. The van der Waals surface area contributed by atoms with Crippen LogP contribution in [-0.2, 0) is 23.7 Å². The molecule has 0 aliphatic carbocycles. The van der Waals surface area contributed by atoms with Gasteiger partial charge in [-0.15, -0.1) is 0 Å². The molecule has 1 fully saturated rings. The molecule has 0 spiro atoms. The van der Waals surface area contributed by atoms with E-state index in [0.29, 0.717) is 0 Å². The Hall–Kier alpha value is -0.730. The Morgan fingerprint density at radius 1 is 1.05 bits per heavy atom. The lowest BCUT2D eigenvalue weighted by molar-refractivity contribution is -0.310. The minimum atomic E-state index is -1.31. The van der Waals surface area contributed by atoms with Crippen LogP contribution in [-0.4, -0.2) is 66.2 Å². The van der Waals surface area contributed by atoms with Gasteiger partial charge in [-0.05, 0) is 27.7 Å². The van der Waals surface area contributed by atoms with E-state index in [1.54, 1.807) is 27.7 Å². The van der Waals surface area contributed by atoms with E-state index in [-0.39, 0.29) is 12.2 Å². The Morgan fingerprint density at radius 3 is 2.05 bits per heavy atom. The second-order valence-electron chi connectivity index (χ2n) is 5.26. The number of ether oxygens (including phenoxy) is 4. The zero-order valence-electron chi connectivity index (χ0n) is 12.5. The van der Waals surface area contributed by atoms with E-state index in [1.807, 2.05) is 0 Å². The molecule has 1 aliphatic heterocycles. The molecule has 0 aromatic heterocycles. The quantitative estimate of drug-likeness (QED) is 0.679. The summed E-state index contributed by atoms with van der Waals surface area (Å²) < 4.78 is 20.9. The van der Waals surface area contributed by atoms with Gasteiger partial charge in [0.2, 0.25) is 0 Å². The van der Waals surface area contributed by atoms with Gasteiger partial charge in [0.05, 0.1) is 19.3 Å². The summed E-state index contributed by atoms with van der Waals surface area (Å²) in [6, 6.07) is 0. The molecular formula is C13H24O7. The molecule has 0 amide bonds. The van der Waals surface area contributed by atoms with Crippen LogP contribution in [0.5, 0.6) is 0 Å². The highest BCUT2D eigenvalue weighted by molar-refractivity contribution is 5.75. The zero-order chi connectivity index (χ0) is 15.4. The monoisotopic (exact) mass is 292 g/mol. The minimum Gasteiger partial charge on any atom is -0.467 e. The van der Waals surface area contributed by atoms with E-state index in [2.05, 4.69) is 4.74 Å². The van der Waals surface area contributed by atoms with Crippen LogP contribution in [0, 0.1) is 0 Å². The van der Waals surface area contributed by atoms with Gasteiger partial charge in [-0.1, -0.05) is 0 Å². The molecule has 0 aromatic carbocycles. The van der Waals surface area contributed by atoms with E-state index in [1.165, 1.54) is 7.11 Å². The van der Waals surface area contributed by atoms with Crippen molar-refractivity contribution in [1.29, 1.82) is 0 Å². The van der Waals surface area contributed by atoms with Crippen LogP contribution < -0.4 is 0 Å². The highest BCUT2D eigenvalue weighted by atomic mass is 16.7. The molecule has 1 saturated heterocycles. The summed E-state index contributed by atoms with van der Waals surface area (Å²) in [5, 5.41) is 20.2. The Morgan fingerprint density at radius 2 is 1.60 bits per heavy atom. The number of hydrogen-bond acceptors (Lipinski definition) is 7. The van der Waals surface area contributed by atoms with Crippen LogP contribution >= 0.6 is 0 Å². The summed E-state index contributed by atoms with van der Waals surface area (Å²) in [6.07, 6.45) is -6.36. The first kappa shape index (κ1) is 17.3. The number of carbonyl (C=O) groups is 1. The molecule has 0 saturated carbocycles. The standard InChI is InChI=1S/C13H24O7/c1-6(2)18-10-8(14)9(15)13(19-7(3)4)20-11(10)12(16)17-5/h6-11,13-15H,1-5H3/t8?,9-,10+,11?,13-/m0/s1. The fraction of sp³-hybridized carbons (Fsp3) is 0.923. The number of aliphatic hydroxyl groups is 2. The molecule has 1 heterocycles. The van der Waals surface area contributed by atoms with Crippen molar-refractivity contribution in [2.24, 2.45) is 0 Å². The third-order valence-electron chi connectivity index (χ3n) is 2.81. The molecule has 0 bridgehead atoms. The number of aliphatic hydroxyl groups excluding tert-OH is 2. The molecule has 1 rings (SSSR count). The van der Waals surface area contributed by atoms with Gasteiger partial charge >= 0.3 is 5.97 Å². The molecule has 0 aromatic rings. The van der Waals surface area contributed by atoms with Crippen molar-refractivity contribution < 1.29 is 34.0 Å². The predicted molar refractivity (Wildman–Crippen MR) is 68.9 cm³/mol. The Balaban J connectivity index is 2.91. The van der Waals surface area contributed by atoms with E-state index in [4.69, 9.17) is 14.2 Å². The van der Waals surface area contributed by atoms with Crippen LogP contribution in [0.1, 0.15) is 27.7 Å². The molecule has 7 heteroatoms. The third-order valence-corrected chi connectivity index (χ3v) is 2.81. The largest absolute Gasteiger partial charge is 0.467 e. The van der Waals surface area contributed by atoms with Gasteiger partial charge < -0.3 is 29.2 Å². The fourth-order valence-electron chi connectivity index (χ4n) is 1.99. The highest BCUT2D eigenvalue weighted by Gasteiger charge is 2.49. The predicted octanol–water partition coefficient (Wildman–Crippen LogP) is -0.175. The summed E-state index contributed by atoms with van der Waals surface area (Å²) in [5.41, 5.74) is 0. The zero-order valence-corrected chi connectivity index (χ0v) is 12.5. The number of esters is 1. The van der Waals surface area contributed by atoms with Gasteiger partial charge in [-0.2, -0.15) is 0 Å². The third kappa shape index (κ3) is 4.13. The second kappa shape index (κ2) is 7.33. The number of rotatable bonds is 5. The van der Waals surface area contributed by atoms with Gasteiger partial charge in [0, 0.05) is 0 Å². The van der Waals surface area contributed by atoms with Gasteiger partial charge in [-0.25, -0.2) is 4.79 Å². The molecule has 0 radical (unpaired) electrons. The van der Waals surface area contributed by atoms with Crippen LogP contribution in [0.3, 0.4) is 0 Å². The summed E-state index contributed by atoms with van der Waals surface area (Å²) in [7, 11) is 1.22. The number of methoxy groups -OCH3 is 1. The van der Waals surface area contributed by atoms with E-state index >= 15 is 0 Å². The maximum atomic E-state index is 11.8. The molecule has 1 aliphatic rings. The van der Waals surface area contributed by atoms with Crippen molar-refractivity contribution in [2.75, 3.05) is 7.11 Å². The average molecular weight is 292 g/mol. The lowest BCUT2D eigenvalue weighted by Crippen LogP contribution is -2.62. The molecule has 118 valence electrons. The highest BCUT2D eigenvalue weighted by Crippen LogP contribution is 2.26. The van der Waals surface area contributed by atoms with Crippen molar-refractivity contribution in [2.45, 2.75) is 70.6 Å². The number of hydrogen-bond donors (Lipinski definition) is 2. The maximum Gasteiger partial charge on any atom is 0.337 e. The molecular weight excluding hydrogens is 268 g/mol. The summed E-state index contributed by atoms with van der Waals surface area (Å²) >= 11 is 0. The van der Waals surface area contributed by atoms with Gasteiger partial charge in [0.15, 0.2) is 12.4 Å². The Bertz CT molecular complexity index is 318. The topological polar surface area (TPSA) is 94.5 Å². The van der Waals surface area contributed by atoms with Crippen molar-refractivity contribution >= 4 is 5.97 Å². The molecule has 7 nitrogen and oxygen atoms in total. The lowest BCUT2D eigenvalue weighted by atomic mass is 9.98. The molecule has 5 atom stereocenters. The molecule has 2 N–H and O–H groups in total.